The van der Waals surface area contributed by atoms with Crippen molar-refractivity contribution in [3.63, 3.8) is 0 Å². The minimum Gasteiger partial charge on any atom is -0.508 e. The molecule has 28 heavy (non-hydrogen) atoms. The van der Waals surface area contributed by atoms with Gasteiger partial charge in [0.15, 0.2) is 0 Å². The lowest BCUT2D eigenvalue weighted by atomic mass is 9.64. The molecule has 1 unspecified atom stereocenters. The van der Waals surface area contributed by atoms with Crippen LogP contribution < -0.4 is 0 Å². The number of hydrogen-bond acceptors (Lipinski definition) is 3. The molecule has 0 aromatic heterocycles. The van der Waals surface area contributed by atoms with Crippen LogP contribution in [0.25, 0.3) is 0 Å². The van der Waals surface area contributed by atoms with Gasteiger partial charge in [0.2, 0.25) is 0 Å². The number of phenolic OH excluding ortho intramolecular Hbond substituents is 1. The van der Waals surface area contributed by atoms with E-state index in [2.05, 4.69) is 55.3 Å². The van der Waals surface area contributed by atoms with E-state index < -0.39 is 6.10 Å². The van der Waals surface area contributed by atoms with E-state index in [1.165, 1.54) is 12.0 Å². The first-order valence-electron chi connectivity index (χ1n) is 10.8. The number of hydrogen-bond donors (Lipinski definition) is 2. The van der Waals surface area contributed by atoms with Gasteiger partial charge in [-0.25, -0.2) is 0 Å². The second kappa shape index (κ2) is 7.88. The number of rotatable bonds is 6. The monoisotopic (exact) mass is 379 g/mol. The van der Waals surface area contributed by atoms with E-state index in [1.54, 1.807) is 6.07 Å². The molecule has 150 valence electrons. The number of benzene rings is 2. The summed E-state index contributed by atoms with van der Waals surface area (Å²) in [6.45, 7) is 3.21. The van der Waals surface area contributed by atoms with Gasteiger partial charge in [0.25, 0.3) is 0 Å². The summed E-state index contributed by atoms with van der Waals surface area (Å²) in [5.74, 6) is 1.65. The predicted octanol–water partition coefficient (Wildman–Crippen LogP) is 4.69. The number of aliphatic hydroxyl groups is 1. The largest absolute Gasteiger partial charge is 0.508 e. The van der Waals surface area contributed by atoms with Gasteiger partial charge in [-0.1, -0.05) is 55.8 Å². The first-order chi connectivity index (χ1) is 13.5. The molecule has 0 heterocycles. The number of likely N-dealkylation sites (N-methyl/N-ethyl adjacent to an activating group) is 1. The second-order valence-electron chi connectivity index (χ2n) is 8.92. The molecule has 0 aliphatic heterocycles. The number of nitrogens with zero attached hydrogens (tertiary/aromatic N) is 1. The van der Waals surface area contributed by atoms with Crippen LogP contribution >= 0.6 is 0 Å². The van der Waals surface area contributed by atoms with Crippen molar-refractivity contribution in [3.8, 4) is 5.75 Å². The molecule has 2 saturated carbocycles. The van der Waals surface area contributed by atoms with Crippen LogP contribution in [-0.2, 0) is 5.41 Å². The van der Waals surface area contributed by atoms with E-state index in [9.17, 15) is 10.2 Å². The van der Waals surface area contributed by atoms with Gasteiger partial charge in [-0.2, -0.15) is 0 Å². The van der Waals surface area contributed by atoms with Crippen LogP contribution in [0.3, 0.4) is 0 Å². The Balaban J connectivity index is 1.47. The highest BCUT2D eigenvalue weighted by atomic mass is 16.3. The minimum atomic E-state index is -0.410. The average Bonchev–Trinajstić information content (AvgIpc) is 3.48. The highest BCUT2D eigenvalue weighted by molar-refractivity contribution is 5.35. The number of aliphatic hydroxyl groups excluding tert-OH is 1. The summed E-state index contributed by atoms with van der Waals surface area (Å²) in [7, 11) is 2.18. The number of phenols is 1. The van der Waals surface area contributed by atoms with Gasteiger partial charge < -0.3 is 15.1 Å². The quantitative estimate of drug-likeness (QED) is 0.765. The van der Waals surface area contributed by atoms with Gasteiger partial charge >= 0.3 is 0 Å². The highest BCUT2D eigenvalue weighted by Gasteiger charge is 2.47. The lowest BCUT2D eigenvalue weighted by molar-refractivity contribution is -0.0317. The Morgan fingerprint density at radius 3 is 2.61 bits per heavy atom. The molecule has 0 radical (unpaired) electrons. The van der Waals surface area contributed by atoms with Crippen LogP contribution in [0.2, 0.25) is 0 Å². The summed E-state index contributed by atoms with van der Waals surface area (Å²) < 4.78 is 0. The SMILES string of the molecule is CC[C@@]1(c2cccc(O)c2)CCCC(N(C)C[C@H]2C[C@@H]2c2ccccc2)[C@H]1O. The predicted molar refractivity (Wildman–Crippen MR) is 114 cm³/mol. The van der Waals surface area contributed by atoms with E-state index in [1.807, 2.05) is 12.1 Å². The van der Waals surface area contributed by atoms with Crippen molar-refractivity contribution in [2.45, 2.75) is 62.5 Å². The van der Waals surface area contributed by atoms with Gasteiger partial charge in [0, 0.05) is 18.0 Å². The first kappa shape index (κ1) is 19.5. The van der Waals surface area contributed by atoms with Gasteiger partial charge in [0.1, 0.15) is 5.75 Å². The zero-order valence-corrected chi connectivity index (χ0v) is 17.1. The molecule has 4 rings (SSSR count). The van der Waals surface area contributed by atoms with Crippen molar-refractivity contribution in [2.75, 3.05) is 13.6 Å². The number of aromatic hydroxyl groups is 1. The Labute approximate surface area is 169 Å². The molecule has 3 nitrogen and oxygen atoms in total. The summed E-state index contributed by atoms with van der Waals surface area (Å²) in [4.78, 5) is 2.41. The van der Waals surface area contributed by atoms with Gasteiger partial charge in [-0.15, -0.1) is 0 Å². The topological polar surface area (TPSA) is 43.7 Å². The smallest absolute Gasteiger partial charge is 0.115 e. The molecule has 2 aromatic rings. The third-order valence-electron chi connectivity index (χ3n) is 7.34. The fourth-order valence-electron chi connectivity index (χ4n) is 5.55. The van der Waals surface area contributed by atoms with Crippen LogP contribution in [0.1, 0.15) is 56.1 Å². The van der Waals surface area contributed by atoms with Crippen molar-refractivity contribution in [1.82, 2.24) is 4.90 Å². The van der Waals surface area contributed by atoms with Crippen LogP contribution in [0, 0.1) is 5.92 Å². The Morgan fingerprint density at radius 1 is 1.11 bits per heavy atom. The standard InChI is InChI=1S/C25H33NO2/c1-3-25(20-11-7-12-21(27)16-20)14-8-13-23(24(25)28)26(2)17-19-15-22(19)18-9-5-4-6-10-18/h4-7,9-12,16,19,22-24,27-28H,3,8,13-15,17H2,1-2H3/t19-,22-,23?,24-,25+/m1/s1. The first-order valence-corrected chi connectivity index (χ1v) is 10.8. The van der Waals surface area contributed by atoms with Crippen molar-refractivity contribution in [1.29, 1.82) is 0 Å². The Kier molecular flexibility index (Phi) is 5.48. The maximum absolute atomic E-state index is 11.5. The third-order valence-corrected chi connectivity index (χ3v) is 7.34. The van der Waals surface area contributed by atoms with E-state index >= 15 is 0 Å². The molecule has 2 aliphatic rings. The zero-order chi connectivity index (χ0) is 19.7. The fourth-order valence-corrected chi connectivity index (χ4v) is 5.55. The molecule has 3 heteroatoms. The van der Waals surface area contributed by atoms with E-state index in [-0.39, 0.29) is 17.2 Å². The maximum atomic E-state index is 11.5. The van der Waals surface area contributed by atoms with Crippen LogP contribution in [-0.4, -0.2) is 40.9 Å². The molecule has 2 N–H and O–H groups in total. The summed E-state index contributed by atoms with van der Waals surface area (Å²) >= 11 is 0. The molecule has 0 amide bonds. The van der Waals surface area contributed by atoms with E-state index in [0.717, 1.165) is 37.8 Å². The second-order valence-corrected chi connectivity index (χ2v) is 8.92. The van der Waals surface area contributed by atoms with Crippen LogP contribution in [0.5, 0.6) is 5.75 Å². The van der Waals surface area contributed by atoms with Gasteiger partial charge in [0.05, 0.1) is 6.10 Å². The van der Waals surface area contributed by atoms with Crippen molar-refractivity contribution in [2.24, 2.45) is 5.92 Å². The summed E-state index contributed by atoms with van der Waals surface area (Å²) in [6.07, 6.45) is 4.87. The maximum Gasteiger partial charge on any atom is 0.115 e. The third kappa shape index (κ3) is 3.58. The molecule has 5 atom stereocenters. The lowest BCUT2D eigenvalue weighted by Gasteiger charge is -2.48. The lowest BCUT2D eigenvalue weighted by Crippen LogP contribution is -2.55. The average molecular weight is 380 g/mol. The van der Waals surface area contributed by atoms with Gasteiger partial charge in [-0.3, -0.25) is 0 Å². The summed E-state index contributed by atoms with van der Waals surface area (Å²) in [6, 6.07) is 18.5. The molecular weight excluding hydrogens is 346 g/mol. The molecule has 0 spiro atoms. The van der Waals surface area contributed by atoms with Crippen LogP contribution in [0.15, 0.2) is 54.6 Å². The van der Waals surface area contributed by atoms with Crippen molar-refractivity contribution in [3.05, 3.63) is 65.7 Å². The summed E-state index contributed by atoms with van der Waals surface area (Å²) in [5, 5.41) is 21.5. The fraction of sp³-hybridized carbons (Fsp3) is 0.520. The Bertz CT molecular complexity index is 792. The zero-order valence-electron chi connectivity index (χ0n) is 17.1. The molecule has 2 aliphatic carbocycles. The minimum absolute atomic E-state index is 0.174. The molecule has 2 fully saturated rings. The molecule has 2 aromatic carbocycles. The van der Waals surface area contributed by atoms with E-state index in [4.69, 9.17) is 0 Å². The van der Waals surface area contributed by atoms with Crippen LogP contribution in [0.4, 0.5) is 0 Å². The van der Waals surface area contributed by atoms with Gasteiger partial charge in [-0.05, 0) is 67.8 Å². The normalized spacial score (nSPS) is 32.4. The Morgan fingerprint density at radius 2 is 1.89 bits per heavy atom. The Hall–Kier alpha value is -1.84. The summed E-state index contributed by atoms with van der Waals surface area (Å²) in [5.41, 5.74) is 2.26. The molecular formula is C25H33NO2. The van der Waals surface area contributed by atoms with E-state index in [0.29, 0.717) is 11.8 Å². The highest BCUT2D eigenvalue weighted by Crippen LogP contribution is 2.49. The molecule has 0 saturated heterocycles. The molecule has 0 bridgehead atoms. The van der Waals surface area contributed by atoms with Crippen molar-refractivity contribution >= 4 is 0 Å². The van der Waals surface area contributed by atoms with Crippen molar-refractivity contribution < 1.29 is 10.2 Å².